The summed E-state index contributed by atoms with van der Waals surface area (Å²) < 4.78 is 0. The highest BCUT2D eigenvalue weighted by Gasteiger charge is 2.14. The van der Waals surface area contributed by atoms with Gasteiger partial charge < -0.3 is 15.6 Å². The molecule has 3 heteroatoms. The number of aromatic amines is 1. The van der Waals surface area contributed by atoms with Gasteiger partial charge in [0.15, 0.2) is 0 Å². The summed E-state index contributed by atoms with van der Waals surface area (Å²) >= 11 is 0. The van der Waals surface area contributed by atoms with Crippen molar-refractivity contribution in [2.45, 2.75) is 25.3 Å². The molecule has 2 rings (SSSR count). The summed E-state index contributed by atoms with van der Waals surface area (Å²) in [7, 11) is 0. The monoisotopic (exact) mass is 193 g/mol. The summed E-state index contributed by atoms with van der Waals surface area (Å²) in [5, 5.41) is 0. The molecule has 0 spiro atoms. The minimum absolute atomic E-state index is 0.166. The lowest BCUT2D eigenvalue weighted by Crippen LogP contribution is -2.35. The summed E-state index contributed by atoms with van der Waals surface area (Å²) in [6.07, 6.45) is 7.98. The maximum Gasteiger partial charge on any atom is 0.0439 e. The molecule has 1 aliphatic rings. The SMILES string of the molecule is NC(CN1CCCCC1)c1cc[nH]c1. The van der Waals surface area contributed by atoms with Gasteiger partial charge >= 0.3 is 0 Å². The van der Waals surface area contributed by atoms with Gasteiger partial charge in [0.2, 0.25) is 0 Å². The second kappa shape index (κ2) is 4.62. The normalized spacial score (nSPS) is 20.9. The summed E-state index contributed by atoms with van der Waals surface area (Å²) in [5.74, 6) is 0. The van der Waals surface area contributed by atoms with Gasteiger partial charge in [0.25, 0.3) is 0 Å². The highest BCUT2D eigenvalue weighted by molar-refractivity contribution is 5.13. The van der Waals surface area contributed by atoms with Crippen LogP contribution in [0.3, 0.4) is 0 Å². The van der Waals surface area contributed by atoms with E-state index in [2.05, 4.69) is 16.0 Å². The van der Waals surface area contributed by atoms with E-state index < -0.39 is 0 Å². The van der Waals surface area contributed by atoms with Crippen LogP contribution in [0.5, 0.6) is 0 Å². The molecule has 1 fully saturated rings. The van der Waals surface area contributed by atoms with Crippen LogP contribution in [-0.4, -0.2) is 29.5 Å². The lowest BCUT2D eigenvalue weighted by molar-refractivity contribution is 0.216. The van der Waals surface area contributed by atoms with Crippen molar-refractivity contribution in [1.82, 2.24) is 9.88 Å². The molecule has 78 valence electrons. The van der Waals surface area contributed by atoms with E-state index in [1.807, 2.05) is 12.4 Å². The largest absolute Gasteiger partial charge is 0.367 e. The van der Waals surface area contributed by atoms with Gasteiger partial charge in [-0.2, -0.15) is 0 Å². The zero-order chi connectivity index (χ0) is 9.80. The first-order chi connectivity index (χ1) is 6.86. The van der Waals surface area contributed by atoms with Crippen molar-refractivity contribution in [3.63, 3.8) is 0 Å². The number of nitrogens with zero attached hydrogens (tertiary/aromatic N) is 1. The number of piperidine rings is 1. The predicted octanol–water partition coefficient (Wildman–Crippen LogP) is 1.50. The molecule has 2 heterocycles. The van der Waals surface area contributed by atoms with E-state index in [0.717, 1.165) is 6.54 Å². The fourth-order valence-corrected chi connectivity index (χ4v) is 2.09. The molecule has 1 saturated heterocycles. The molecule has 0 amide bonds. The van der Waals surface area contributed by atoms with E-state index in [0.29, 0.717) is 0 Å². The molecular formula is C11H19N3. The third-order valence-corrected chi connectivity index (χ3v) is 2.95. The number of nitrogens with two attached hydrogens (primary N) is 1. The molecule has 1 atom stereocenters. The quantitative estimate of drug-likeness (QED) is 0.764. The summed E-state index contributed by atoms with van der Waals surface area (Å²) in [6, 6.07) is 2.23. The molecule has 0 aromatic carbocycles. The average Bonchev–Trinajstić information content (AvgIpc) is 2.72. The van der Waals surface area contributed by atoms with Gasteiger partial charge in [-0.15, -0.1) is 0 Å². The zero-order valence-electron chi connectivity index (χ0n) is 8.58. The van der Waals surface area contributed by atoms with E-state index in [1.165, 1.54) is 37.9 Å². The van der Waals surface area contributed by atoms with Gasteiger partial charge in [0, 0.05) is 25.0 Å². The standard InChI is InChI=1S/C11H19N3/c12-11(10-4-5-13-8-10)9-14-6-2-1-3-7-14/h4-5,8,11,13H,1-3,6-7,9,12H2. The summed E-state index contributed by atoms with van der Waals surface area (Å²) in [4.78, 5) is 5.52. The number of hydrogen-bond acceptors (Lipinski definition) is 2. The minimum Gasteiger partial charge on any atom is -0.367 e. The molecular weight excluding hydrogens is 174 g/mol. The van der Waals surface area contributed by atoms with Gasteiger partial charge in [-0.05, 0) is 37.6 Å². The van der Waals surface area contributed by atoms with Crippen LogP contribution in [0.1, 0.15) is 30.9 Å². The van der Waals surface area contributed by atoms with Crippen LogP contribution in [0.25, 0.3) is 0 Å². The second-order valence-electron chi connectivity index (χ2n) is 4.11. The van der Waals surface area contributed by atoms with Crippen LogP contribution in [0, 0.1) is 0 Å². The predicted molar refractivity (Wildman–Crippen MR) is 58.0 cm³/mol. The van der Waals surface area contributed by atoms with Crippen LogP contribution in [0.4, 0.5) is 0 Å². The third kappa shape index (κ3) is 2.36. The van der Waals surface area contributed by atoms with E-state index in [1.54, 1.807) is 0 Å². The van der Waals surface area contributed by atoms with Crippen molar-refractivity contribution in [3.8, 4) is 0 Å². The Kier molecular flexibility index (Phi) is 3.22. The van der Waals surface area contributed by atoms with Crippen molar-refractivity contribution in [2.75, 3.05) is 19.6 Å². The highest BCUT2D eigenvalue weighted by atomic mass is 15.1. The lowest BCUT2D eigenvalue weighted by Gasteiger charge is -2.28. The molecule has 3 nitrogen and oxygen atoms in total. The zero-order valence-corrected chi connectivity index (χ0v) is 8.58. The van der Waals surface area contributed by atoms with Crippen molar-refractivity contribution < 1.29 is 0 Å². The molecule has 0 bridgehead atoms. The Labute approximate surface area is 85.3 Å². The highest BCUT2D eigenvalue weighted by Crippen LogP contribution is 2.14. The van der Waals surface area contributed by atoms with E-state index in [-0.39, 0.29) is 6.04 Å². The van der Waals surface area contributed by atoms with Crippen LogP contribution in [0.15, 0.2) is 18.5 Å². The number of rotatable bonds is 3. The minimum atomic E-state index is 0.166. The van der Waals surface area contributed by atoms with Crippen LogP contribution in [0.2, 0.25) is 0 Å². The third-order valence-electron chi connectivity index (χ3n) is 2.95. The maximum atomic E-state index is 6.11. The molecule has 0 radical (unpaired) electrons. The summed E-state index contributed by atoms with van der Waals surface area (Å²) in [6.45, 7) is 3.44. The van der Waals surface area contributed by atoms with Crippen molar-refractivity contribution in [1.29, 1.82) is 0 Å². The first-order valence-electron chi connectivity index (χ1n) is 5.47. The first kappa shape index (κ1) is 9.74. The van der Waals surface area contributed by atoms with Crippen LogP contribution >= 0.6 is 0 Å². The summed E-state index contributed by atoms with van der Waals surface area (Å²) in [5.41, 5.74) is 7.33. The van der Waals surface area contributed by atoms with Crippen molar-refractivity contribution in [3.05, 3.63) is 24.0 Å². The van der Waals surface area contributed by atoms with E-state index in [4.69, 9.17) is 5.73 Å². The Morgan fingerprint density at radius 2 is 2.14 bits per heavy atom. The lowest BCUT2D eigenvalue weighted by atomic mass is 10.1. The van der Waals surface area contributed by atoms with Gasteiger partial charge in [-0.1, -0.05) is 6.42 Å². The van der Waals surface area contributed by atoms with Gasteiger partial charge in [-0.3, -0.25) is 0 Å². The number of H-pyrrole nitrogens is 1. The topological polar surface area (TPSA) is 45.0 Å². The number of aromatic nitrogens is 1. The van der Waals surface area contributed by atoms with Gasteiger partial charge in [0.1, 0.15) is 0 Å². The Bertz CT molecular complexity index is 250. The average molecular weight is 193 g/mol. The second-order valence-corrected chi connectivity index (χ2v) is 4.11. The fraction of sp³-hybridized carbons (Fsp3) is 0.636. The van der Waals surface area contributed by atoms with Crippen LogP contribution < -0.4 is 5.73 Å². The number of hydrogen-bond donors (Lipinski definition) is 2. The molecule has 14 heavy (non-hydrogen) atoms. The molecule has 0 aliphatic carbocycles. The van der Waals surface area contributed by atoms with Crippen molar-refractivity contribution >= 4 is 0 Å². The molecule has 0 saturated carbocycles. The van der Waals surface area contributed by atoms with E-state index in [9.17, 15) is 0 Å². The molecule has 3 N–H and O–H groups in total. The molecule has 1 aromatic rings. The van der Waals surface area contributed by atoms with Crippen molar-refractivity contribution in [2.24, 2.45) is 5.73 Å². The number of likely N-dealkylation sites (tertiary alicyclic amines) is 1. The first-order valence-corrected chi connectivity index (χ1v) is 5.47. The Hall–Kier alpha value is -0.800. The fourth-order valence-electron chi connectivity index (χ4n) is 2.09. The van der Waals surface area contributed by atoms with Gasteiger partial charge in [0.05, 0.1) is 0 Å². The van der Waals surface area contributed by atoms with E-state index >= 15 is 0 Å². The Morgan fingerprint density at radius 1 is 1.36 bits per heavy atom. The Balaban J connectivity index is 1.84. The van der Waals surface area contributed by atoms with Crippen LogP contribution in [-0.2, 0) is 0 Å². The maximum absolute atomic E-state index is 6.11. The smallest absolute Gasteiger partial charge is 0.0439 e. The number of nitrogens with one attached hydrogen (secondary N) is 1. The van der Waals surface area contributed by atoms with Gasteiger partial charge in [-0.25, -0.2) is 0 Å². The Morgan fingerprint density at radius 3 is 2.79 bits per heavy atom. The molecule has 1 aliphatic heterocycles. The molecule has 1 unspecified atom stereocenters. The molecule has 1 aromatic heterocycles.